The second-order valence-electron chi connectivity index (χ2n) is 7.25. The second kappa shape index (κ2) is 8.32. The Hall–Kier alpha value is -3.51. The maximum atomic E-state index is 12.5. The Labute approximate surface area is 184 Å². The largest absolute Gasteiger partial charge is 0.496 e. The van der Waals surface area contributed by atoms with Crippen LogP contribution in [0.15, 0.2) is 57.7 Å². The Kier molecular flexibility index (Phi) is 5.57. The van der Waals surface area contributed by atoms with Crippen LogP contribution in [-0.2, 0) is 4.79 Å². The van der Waals surface area contributed by atoms with Gasteiger partial charge in [-0.25, -0.2) is 0 Å². The quantitative estimate of drug-likeness (QED) is 0.366. The average molecular weight is 437 g/mol. The summed E-state index contributed by atoms with van der Waals surface area (Å²) in [6.07, 6.45) is 3.23. The van der Waals surface area contributed by atoms with Gasteiger partial charge in [-0.15, -0.1) is 0 Å². The maximum absolute atomic E-state index is 12.5. The molecule has 31 heavy (non-hydrogen) atoms. The molecule has 4 rings (SSSR count). The molecule has 0 unspecified atom stereocenters. The molecule has 0 atom stereocenters. The van der Waals surface area contributed by atoms with E-state index in [0.717, 1.165) is 38.8 Å². The van der Waals surface area contributed by atoms with Gasteiger partial charge in [0.05, 0.1) is 13.4 Å². The number of nitrogens with zero attached hydrogens (tertiary/aromatic N) is 1. The molecular weight excluding hydrogens is 416 g/mol. The number of furan rings is 1. The summed E-state index contributed by atoms with van der Waals surface area (Å²) in [5, 5.41) is 8.08. The Morgan fingerprint density at radius 1 is 1.19 bits per heavy atom. The monoisotopic (exact) mass is 436 g/mol. The number of carbonyl (C=O) groups is 1. The summed E-state index contributed by atoms with van der Waals surface area (Å²) in [6.45, 7) is 5.56. The highest BCUT2D eigenvalue weighted by atomic mass is 35.5. The fourth-order valence-electron chi connectivity index (χ4n) is 3.59. The first-order chi connectivity index (χ1) is 14.9. The fraction of sp³-hybridized carbons (Fsp3) is 0.167. The van der Waals surface area contributed by atoms with Crippen molar-refractivity contribution in [3.8, 4) is 16.9 Å². The summed E-state index contributed by atoms with van der Waals surface area (Å²) in [4.78, 5) is 12.5. The third kappa shape index (κ3) is 4.07. The molecule has 4 aromatic rings. The molecule has 0 saturated carbocycles. The molecule has 0 fully saturated rings. The Balaban J connectivity index is 1.77. The van der Waals surface area contributed by atoms with Gasteiger partial charge in [-0.1, -0.05) is 28.9 Å². The van der Waals surface area contributed by atoms with Gasteiger partial charge >= 0.3 is 0 Å². The predicted octanol–water partition coefficient (Wildman–Crippen LogP) is 6.41. The van der Waals surface area contributed by atoms with E-state index in [1.165, 1.54) is 6.08 Å². The highest BCUT2D eigenvalue weighted by Gasteiger charge is 2.19. The van der Waals surface area contributed by atoms with Gasteiger partial charge < -0.3 is 19.0 Å². The van der Waals surface area contributed by atoms with Crippen LogP contribution in [0.5, 0.6) is 5.75 Å². The second-order valence-corrected chi connectivity index (χ2v) is 7.69. The van der Waals surface area contributed by atoms with E-state index in [1.54, 1.807) is 26.4 Å². The van der Waals surface area contributed by atoms with Crippen LogP contribution < -0.4 is 10.1 Å². The summed E-state index contributed by atoms with van der Waals surface area (Å²) in [5.41, 5.74) is 5.06. The number of benzene rings is 2. The van der Waals surface area contributed by atoms with Crippen LogP contribution in [0.25, 0.3) is 27.7 Å². The molecule has 2 aromatic heterocycles. The predicted molar refractivity (Wildman–Crippen MR) is 121 cm³/mol. The molecule has 0 aliphatic heterocycles. The number of anilines is 1. The number of nitrogens with one attached hydrogen (secondary N) is 1. The fourth-order valence-corrected chi connectivity index (χ4v) is 3.71. The molecule has 0 bridgehead atoms. The number of ether oxygens (including phenoxy) is 1. The van der Waals surface area contributed by atoms with Gasteiger partial charge in [-0.05, 0) is 50.1 Å². The number of halogens is 1. The molecule has 7 heteroatoms. The van der Waals surface area contributed by atoms with Crippen LogP contribution in [0.1, 0.15) is 23.8 Å². The first-order valence-electron chi connectivity index (χ1n) is 9.65. The number of fused-ring (bicyclic) bond motifs is 1. The number of aryl methyl sites for hydroxylation is 2. The van der Waals surface area contributed by atoms with Crippen molar-refractivity contribution in [2.45, 2.75) is 20.8 Å². The minimum absolute atomic E-state index is 0.310. The molecule has 1 N–H and O–H groups in total. The van der Waals surface area contributed by atoms with E-state index in [0.29, 0.717) is 22.4 Å². The van der Waals surface area contributed by atoms with Crippen molar-refractivity contribution in [1.29, 1.82) is 0 Å². The van der Waals surface area contributed by atoms with Crippen molar-refractivity contribution in [2.24, 2.45) is 0 Å². The van der Waals surface area contributed by atoms with Crippen molar-refractivity contribution in [1.82, 2.24) is 5.16 Å². The van der Waals surface area contributed by atoms with Crippen LogP contribution in [-0.4, -0.2) is 18.2 Å². The molecule has 0 aliphatic carbocycles. The number of aromatic nitrogens is 1. The van der Waals surface area contributed by atoms with Gasteiger partial charge in [0.2, 0.25) is 5.91 Å². The van der Waals surface area contributed by atoms with Crippen molar-refractivity contribution in [2.75, 3.05) is 12.4 Å². The normalized spacial score (nSPS) is 11.7. The highest BCUT2D eigenvalue weighted by molar-refractivity contribution is 6.30. The lowest BCUT2D eigenvalue weighted by atomic mass is 9.96. The third-order valence-electron chi connectivity index (χ3n) is 5.05. The van der Waals surface area contributed by atoms with Gasteiger partial charge in [-0.3, -0.25) is 4.79 Å². The van der Waals surface area contributed by atoms with Crippen LogP contribution in [0.2, 0.25) is 5.02 Å². The van der Waals surface area contributed by atoms with E-state index in [2.05, 4.69) is 10.5 Å². The molecule has 0 saturated heterocycles. The molecule has 0 radical (unpaired) electrons. The van der Waals surface area contributed by atoms with E-state index in [1.807, 2.05) is 44.2 Å². The van der Waals surface area contributed by atoms with Gasteiger partial charge in [0.15, 0.2) is 5.82 Å². The standard InChI is InChI=1S/C24H21ClN2O4/c1-13(9-22(28)26-21-10-14(2)31-27-21)18-11-19-20(16-5-7-17(25)8-6-16)12-30-24(19)15(3)23(18)29-4/h5-12H,1-4H3,(H,26,27,28)/b13-9+. The zero-order valence-electron chi connectivity index (χ0n) is 17.6. The average Bonchev–Trinajstić information content (AvgIpc) is 3.34. The number of rotatable bonds is 5. The van der Waals surface area contributed by atoms with Crippen molar-refractivity contribution in [3.05, 3.63) is 70.6 Å². The van der Waals surface area contributed by atoms with Crippen LogP contribution in [0.3, 0.4) is 0 Å². The lowest BCUT2D eigenvalue weighted by Crippen LogP contribution is -2.09. The van der Waals surface area contributed by atoms with Gasteiger partial charge in [0.25, 0.3) is 0 Å². The maximum Gasteiger partial charge on any atom is 0.249 e. The first-order valence-corrected chi connectivity index (χ1v) is 10.0. The van der Waals surface area contributed by atoms with E-state index >= 15 is 0 Å². The number of methoxy groups -OCH3 is 1. The van der Waals surface area contributed by atoms with Crippen LogP contribution >= 0.6 is 11.6 Å². The number of allylic oxidation sites excluding steroid dienone is 1. The highest BCUT2D eigenvalue weighted by Crippen LogP contribution is 2.40. The molecule has 2 aromatic carbocycles. The number of hydrogen-bond donors (Lipinski definition) is 1. The van der Waals surface area contributed by atoms with Crippen molar-refractivity contribution in [3.63, 3.8) is 0 Å². The van der Waals surface area contributed by atoms with Gasteiger partial charge in [0.1, 0.15) is 17.1 Å². The van der Waals surface area contributed by atoms with E-state index in [-0.39, 0.29) is 5.91 Å². The topological polar surface area (TPSA) is 77.5 Å². The van der Waals surface area contributed by atoms with Crippen LogP contribution in [0.4, 0.5) is 5.82 Å². The summed E-state index contributed by atoms with van der Waals surface area (Å²) < 4.78 is 16.5. The Morgan fingerprint density at radius 2 is 1.94 bits per heavy atom. The summed E-state index contributed by atoms with van der Waals surface area (Å²) >= 11 is 6.04. The van der Waals surface area contributed by atoms with Crippen molar-refractivity contribution < 1.29 is 18.5 Å². The van der Waals surface area contributed by atoms with Gasteiger partial charge in [0, 0.05) is 39.2 Å². The Bertz CT molecular complexity index is 1300. The summed E-state index contributed by atoms with van der Waals surface area (Å²) in [6, 6.07) is 11.2. The molecule has 6 nitrogen and oxygen atoms in total. The van der Waals surface area contributed by atoms with E-state index < -0.39 is 0 Å². The zero-order chi connectivity index (χ0) is 22.1. The molecule has 158 valence electrons. The Morgan fingerprint density at radius 3 is 2.58 bits per heavy atom. The minimum atomic E-state index is -0.310. The van der Waals surface area contributed by atoms with Crippen molar-refractivity contribution >= 4 is 39.9 Å². The smallest absolute Gasteiger partial charge is 0.249 e. The number of amides is 1. The SMILES string of the molecule is COc1c(/C(C)=C/C(=O)Nc2cc(C)on2)cc2c(-c3ccc(Cl)cc3)coc2c1C. The summed E-state index contributed by atoms with van der Waals surface area (Å²) in [7, 11) is 1.60. The lowest BCUT2D eigenvalue weighted by Gasteiger charge is -2.13. The first kappa shape index (κ1) is 20.8. The summed E-state index contributed by atoms with van der Waals surface area (Å²) in [5.74, 6) is 1.33. The van der Waals surface area contributed by atoms with Crippen LogP contribution in [0, 0.1) is 13.8 Å². The molecule has 2 heterocycles. The lowest BCUT2D eigenvalue weighted by molar-refractivity contribution is -0.111. The number of carbonyl (C=O) groups excluding carboxylic acids is 1. The van der Waals surface area contributed by atoms with Gasteiger partial charge in [-0.2, -0.15) is 0 Å². The number of hydrogen-bond acceptors (Lipinski definition) is 5. The minimum Gasteiger partial charge on any atom is -0.496 e. The van der Waals surface area contributed by atoms with E-state index in [9.17, 15) is 4.79 Å². The molecule has 1 amide bonds. The van der Waals surface area contributed by atoms with E-state index in [4.69, 9.17) is 25.3 Å². The third-order valence-corrected chi connectivity index (χ3v) is 5.31. The zero-order valence-corrected chi connectivity index (χ0v) is 18.3. The molecule has 0 spiro atoms. The molecule has 0 aliphatic rings. The molecular formula is C24H21ClN2O4.